The highest BCUT2D eigenvalue weighted by molar-refractivity contribution is 5.76. The highest BCUT2D eigenvalue weighted by Gasteiger charge is 2.52. The summed E-state index contributed by atoms with van der Waals surface area (Å²) in [6.45, 7) is 0. The zero-order chi connectivity index (χ0) is 15.3. The third kappa shape index (κ3) is 3.68. The van der Waals surface area contributed by atoms with Crippen molar-refractivity contribution in [2.45, 2.75) is 12.2 Å². The number of carboxylic acids is 1. The van der Waals surface area contributed by atoms with Gasteiger partial charge in [0, 0.05) is 0 Å². The summed E-state index contributed by atoms with van der Waals surface area (Å²) in [6.07, 6.45) is -2.28. The molecule has 0 aliphatic heterocycles. The van der Waals surface area contributed by atoms with Crippen LogP contribution in [0.3, 0.4) is 0 Å². The average Bonchev–Trinajstić information content (AvgIpc) is 2.48. The van der Waals surface area contributed by atoms with Crippen molar-refractivity contribution in [3.05, 3.63) is 60.7 Å². The van der Waals surface area contributed by atoms with Crippen LogP contribution in [0, 0.1) is 0 Å². The van der Waals surface area contributed by atoms with E-state index in [0.29, 0.717) is 0 Å². The molecule has 0 fully saturated rings. The third-order valence-corrected chi connectivity index (χ3v) is 2.55. The fourth-order valence-electron chi connectivity index (χ4n) is 1.52. The highest BCUT2D eigenvalue weighted by atomic mass is 19.3. The molecule has 2 aromatic carbocycles. The first-order valence-corrected chi connectivity index (χ1v) is 6.05. The summed E-state index contributed by atoms with van der Waals surface area (Å²) in [5.41, 5.74) is 0. The minimum atomic E-state index is -4.20. The van der Waals surface area contributed by atoms with Crippen molar-refractivity contribution in [2.24, 2.45) is 0 Å². The third-order valence-electron chi connectivity index (χ3n) is 2.55. The summed E-state index contributed by atoms with van der Waals surface area (Å²) >= 11 is 0. The van der Waals surface area contributed by atoms with Gasteiger partial charge in [-0.25, -0.2) is 4.79 Å². The number of rotatable bonds is 6. The van der Waals surface area contributed by atoms with Crippen LogP contribution in [0.15, 0.2) is 60.7 Å². The topological polar surface area (TPSA) is 55.8 Å². The molecule has 0 radical (unpaired) electrons. The van der Waals surface area contributed by atoms with Gasteiger partial charge in [-0.3, -0.25) is 0 Å². The van der Waals surface area contributed by atoms with Gasteiger partial charge in [0.05, 0.1) is 0 Å². The molecule has 21 heavy (non-hydrogen) atoms. The number of aliphatic carboxylic acids is 1. The molecule has 0 spiro atoms. The average molecular weight is 294 g/mol. The van der Waals surface area contributed by atoms with Crippen molar-refractivity contribution >= 4 is 5.97 Å². The molecule has 0 aromatic heterocycles. The molecule has 0 bridgehead atoms. The normalized spacial score (nSPS) is 11.2. The lowest BCUT2D eigenvalue weighted by molar-refractivity contribution is -0.207. The smallest absolute Gasteiger partial charge is 0.414 e. The highest BCUT2D eigenvalue weighted by Crippen LogP contribution is 2.27. The lowest BCUT2D eigenvalue weighted by Gasteiger charge is -2.25. The number of alkyl halides is 2. The van der Waals surface area contributed by atoms with Crippen LogP contribution < -0.4 is 9.47 Å². The van der Waals surface area contributed by atoms with Crippen LogP contribution in [-0.2, 0) is 4.79 Å². The number of carboxylic acid groups (broad SMARTS) is 1. The molecule has 2 rings (SSSR count). The monoisotopic (exact) mass is 294 g/mol. The van der Waals surface area contributed by atoms with Crippen LogP contribution in [0.1, 0.15) is 0 Å². The fourth-order valence-corrected chi connectivity index (χ4v) is 1.52. The van der Waals surface area contributed by atoms with E-state index in [1.807, 2.05) is 0 Å². The summed E-state index contributed by atoms with van der Waals surface area (Å²) in [5, 5.41) is 8.66. The van der Waals surface area contributed by atoms with Crippen molar-refractivity contribution < 1.29 is 28.2 Å². The Kier molecular flexibility index (Phi) is 4.37. The summed E-state index contributed by atoms with van der Waals surface area (Å²) in [6, 6.07) is 15.4. The van der Waals surface area contributed by atoms with E-state index in [1.165, 1.54) is 24.3 Å². The summed E-state index contributed by atoms with van der Waals surface area (Å²) < 4.78 is 37.4. The maximum Gasteiger partial charge on any atom is 0.414 e. The first kappa shape index (κ1) is 14.8. The van der Waals surface area contributed by atoms with Gasteiger partial charge in [-0.1, -0.05) is 36.4 Å². The molecule has 0 saturated carbocycles. The lowest BCUT2D eigenvalue weighted by atomic mass is 10.3. The van der Waals surface area contributed by atoms with E-state index < -0.39 is 18.2 Å². The molecular weight excluding hydrogens is 282 g/mol. The van der Waals surface area contributed by atoms with Gasteiger partial charge in [0.2, 0.25) is 0 Å². The Morgan fingerprint density at radius 2 is 1.29 bits per heavy atom. The van der Waals surface area contributed by atoms with Gasteiger partial charge in [-0.15, -0.1) is 0 Å². The maximum atomic E-state index is 13.7. The molecule has 6 heteroatoms. The number of ether oxygens (including phenoxy) is 2. The van der Waals surface area contributed by atoms with Crippen LogP contribution in [-0.4, -0.2) is 23.3 Å². The Balaban J connectivity index is 2.24. The van der Waals surface area contributed by atoms with E-state index >= 15 is 0 Å². The van der Waals surface area contributed by atoms with Crippen LogP contribution in [0.25, 0.3) is 0 Å². The Hall–Kier alpha value is -2.63. The van der Waals surface area contributed by atoms with Gasteiger partial charge >= 0.3 is 18.2 Å². The Morgan fingerprint density at radius 1 is 0.905 bits per heavy atom. The van der Waals surface area contributed by atoms with Crippen molar-refractivity contribution in [1.29, 1.82) is 0 Å². The van der Waals surface area contributed by atoms with Crippen molar-refractivity contribution in [3.8, 4) is 11.5 Å². The molecule has 0 aliphatic rings. The van der Waals surface area contributed by atoms with Crippen molar-refractivity contribution in [1.82, 2.24) is 0 Å². The number of carbonyl (C=O) groups is 1. The molecule has 2 aromatic rings. The predicted molar refractivity (Wildman–Crippen MR) is 70.5 cm³/mol. The number of hydrogen-bond acceptors (Lipinski definition) is 3. The molecule has 4 nitrogen and oxygen atoms in total. The molecule has 0 aliphatic carbocycles. The molecule has 0 atom stereocenters. The van der Waals surface area contributed by atoms with Crippen LogP contribution in [0.4, 0.5) is 8.78 Å². The van der Waals surface area contributed by atoms with E-state index in [4.69, 9.17) is 14.6 Å². The second-order valence-corrected chi connectivity index (χ2v) is 4.12. The fraction of sp³-hybridized carbons (Fsp3) is 0.133. The summed E-state index contributed by atoms with van der Waals surface area (Å²) in [5.74, 6) is -6.36. The second kappa shape index (κ2) is 6.21. The zero-order valence-electron chi connectivity index (χ0n) is 10.8. The van der Waals surface area contributed by atoms with Crippen LogP contribution in [0.5, 0.6) is 11.5 Å². The van der Waals surface area contributed by atoms with E-state index in [1.54, 1.807) is 36.4 Å². The van der Waals surface area contributed by atoms with Gasteiger partial charge in [-0.2, -0.15) is 8.78 Å². The van der Waals surface area contributed by atoms with Gasteiger partial charge in [0.1, 0.15) is 11.5 Å². The number of benzene rings is 2. The standard InChI is InChI=1S/C15H12F2O4/c16-15(17,13(18)19)14(20-11-7-3-1-4-8-11)21-12-9-5-2-6-10-12/h1-10,14H,(H,18,19). The minimum Gasteiger partial charge on any atom is -0.477 e. The van der Waals surface area contributed by atoms with E-state index in [-0.39, 0.29) is 11.5 Å². The van der Waals surface area contributed by atoms with E-state index in [2.05, 4.69) is 0 Å². The minimum absolute atomic E-state index is 0.0827. The SMILES string of the molecule is O=C(O)C(F)(F)C(Oc1ccccc1)Oc1ccccc1. The Labute approximate surface area is 119 Å². The van der Waals surface area contributed by atoms with Crippen LogP contribution >= 0.6 is 0 Å². The van der Waals surface area contributed by atoms with E-state index in [0.717, 1.165) is 0 Å². The van der Waals surface area contributed by atoms with Crippen molar-refractivity contribution in [2.75, 3.05) is 0 Å². The summed E-state index contributed by atoms with van der Waals surface area (Å²) in [7, 11) is 0. The van der Waals surface area contributed by atoms with E-state index in [9.17, 15) is 13.6 Å². The molecule has 0 unspecified atom stereocenters. The van der Waals surface area contributed by atoms with Gasteiger partial charge in [-0.05, 0) is 24.3 Å². The lowest BCUT2D eigenvalue weighted by Crippen LogP contribution is -2.48. The number of hydrogen-bond donors (Lipinski definition) is 1. The second-order valence-electron chi connectivity index (χ2n) is 4.12. The van der Waals surface area contributed by atoms with Crippen LogP contribution in [0.2, 0.25) is 0 Å². The van der Waals surface area contributed by atoms with Gasteiger partial charge < -0.3 is 14.6 Å². The molecule has 0 saturated heterocycles. The molecule has 0 amide bonds. The predicted octanol–water partition coefficient (Wildman–Crippen LogP) is 3.19. The number of halogens is 2. The molecule has 0 heterocycles. The first-order chi connectivity index (χ1) is 10.00. The largest absolute Gasteiger partial charge is 0.477 e. The molecule has 110 valence electrons. The first-order valence-electron chi connectivity index (χ1n) is 6.05. The quantitative estimate of drug-likeness (QED) is 0.831. The van der Waals surface area contributed by atoms with Gasteiger partial charge in [0.15, 0.2) is 0 Å². The molecule has 1 N–H and O–H groups in total. The summed E-state index contributed by atoms with van der Waals surface area (Å²) in [4.78, 5) is 10.7. The Bertz CT molecular complexity index is 546. The number of para-hydroxylation sites is 2. The van der Waals surface area contributed by atoms with Gasteiger partial charge in [0.25, 0.3) is 0 Å². The molecular formula is C15H12F2O4. The maximum absolute atomic E-state index is 13.7. The zero-order valence-corrected chi connectivity index (χ0v) is 10.8. The van der Waals surface area contributed by atoms with Crippen molar-refractivity contribution in [3.63, 3.8) is 0 Å². The Morgan fingerprint density at radius 3 is 1.62 bits per heavy atom.